The summed E-state index contributed by atoms with van der Waals surface area (Å²) in [6.07, 6.45) is -0.259. The monoisotopic (exact) mass is 147 g/mol. The van der Waals surface area contributed by atoms with Gasteiger partial charge in [0.25, 0.3) is 0 Å². The van der Waals surface area contributed by atoms with Crippen LogP contribution in [0.3, 0.4) is 0 Å². The molecular weight excluding hydrogens is 132 g/mol. The molecule has 0 saturated heterocycles. The Morgan fingerprint density at radius 3 is 2.40 bits per heavy atom. The molecule has 3 nitrogen and oxygen atoms in total. The van der Waals surface area contributed by atoms with Crippen LogP contribution in [0.25, 0.3) is 0 Å². The fourth-order valence-electron chi connectivity index (χ4n) is 0.629. The Bertz CT molecular complexity index is 65.9. The molecule has 0 fully saturated rings. The summed E-state index contributed by atoms with van der Waals surface area (Å²) < 4.78 is 10.1. The van der Waals surface area contributed by atoms with Gasteiger partial charge in [0, 0.05) is 13.2 Å². The van der Waals surface area contributed by atoms with Crippen LogP contribution in [0.5, 0.6) is 0 Å². The first-order chi connectivity index (χ1) is 4.85. The van der Waals surface area contributed by atoms with Crippen LogP contribution in [0.2, 0.25) is 0 Å². The van der Waals surface area contributed by atoms with Crippen molar-refractivity contribution in [2.75, 3.05) is 26.4 Å². The molecule has 61 valence electrons. The van der Waals surface area contributed by atoms with E-state index in [1.165, 1.54) is 0 Å². The maximum Gasteiger partial charge on any atom is 0.111 e. The van der Waals surface area contributed by atoms with Crippen LogP contribution in [-0.4, -0.2) is 32.5 Å². The number of ether oxygens (including phenoxy) is 2. The van der Waals surface area contributed by atoms with Crippen LogP contribution in [0, 0.1) is 0 Å². The van der Waals surface area contributed by atoms with Crippen molar-refractivity contribution in [3.8, 4) is 0 Å². The largest absolute Gasteiger partial charge is 0.379 e. The van der Waals surface area contributed by atoms with Crippen molar-refractivity contribution >= 4 is 0 Å². The van der Waals surface area contributed by atoms with E-state index in [9.17, 15) is 5.11 Å². The second-order valence-corrected chi connectivity index (χ2v) is 1.90. The summed E-state index contributed by atoms with van der Waals surface area (Å²) in [7, 11) is 0. The fourth-order valence-corrected chi connectivity index (χ4v) is 0.629. The average Bonchev–Trinajstić information content (AvgIpc) is 1.98. The van der Waals surface area contributed by atoms with Gasteiger partial charge in [0.15, 0.2) is 0 Å². The minimum Gasteiger partial charge on any atom is -0.379 e. The Hall–Kier alpha value is -0.120. The highest BCUT2D eigenvalue weighted by atomic mass is 16.5. The molecule has 0 N–H and O–H groups in total. The smallest absolute Gasteiger partial charge is 0.111 e. The van der Waals surface area contributed by atoms with Gasteiger partial charge in [-0.15, -0.1) is 0 Å². The lowest BCUT2D eigenvalue weighted by Gasteiger charge is -2.11. The van der Waals surface area contributed by atoms with Crippen molar-refractivity contribution in [2.24, 2.45) is 0 Å². The quantitative estimate of drug-likeness (QED) is 0.559. The van der Waals surface area contributed by atoms with Gasteiger partial charge in [0.1, 0.15) is 12.7 Å². The van der Waals surface area contributed by atoms with Crippen LogP contribution < -0.4 is 0 Å². The molecule has 0 saturated carbocycles. The summed E-state index contributed by atoms with van der Waals surface area (Å²) in [5, 5.41) is 10.3. The maximum absolute atomic E-state index is 10.3. The van der Waals surface area contributed by atoms with Crippen LogP contribution in [0.4, 0.5) is 0 Å². The second-order valence-electron chi connectivity index (χ2n) is 1.90. The summed E-state index contributed by atoms with van der Waals surface area (Å²) in [4.78, 5) is 0. The van der Waals surface area contributed by atoms with Crippen LogP contribution in [-0.2, 0) is 14.6 Å². The maximum atomic E-state index is 10.3. The van der Waals surface area contributed by atoms with Crippen LogP contribution >= 0.6 is 0 Å². The van der Waals surface area contributed by atoms with Gasteiger partial charge in [-0.1, -0.05) is 0 Å². The summed E-state index contributed by atoms with van der Waals surface area (Å²) in [6.45, 7) is 5.20. The average molecular weight is 147 g/mol. The normalized spacial score (nSPS) is 13.5. The summed E-state index contributed by atoms with van der Waals surface area (Å²) >= 11 is 0. The lowest BCUT2D eigenvalue weighted by Crippen LogP contribution is -2.23. The molecule has 0 aliphatic rings. The first-order valence-electron chi connectivity index (χ1n) is 3.62. The summed E-state index contributed by atoms with van der Waals surface area (Å²) in [5.41, 5.74) is 0. The molecule has 10 heavy (non-hydrogen) atoms. The van der Waals surface area contributed by atoms with Crippen molar-refractivity contribution in [1.82, 2.24) is 0 Å². The Morgan fingerprint density at radius 1 is 1.30 bits per heavy atom. The number of hydrogen-bond donors (Lipinski definition) is 0. The van der Waals surface area contributed by atoms with E-state index in [-0.39, 0.29) is 12.7 Å². The summed E-state index contributed by atoms with van der Waals surface area (Å²) in [6, 6.07) is 0. The van der Waals surface area contributed by atoms with E-state index in [2.05, 4.69) is 0 Å². The van der Waals surface area contributed by atoms with Crippen molar-refractivity contribution < 1.29 is 14.6 Å². The van der Waals surface area contributed by atoms with Crippen molar-refractivity contribution in [3.63, 3.8) is 0 Å². The Balaban J connectivity index is 3.21. The molecule has 0 bridgehead atoms. The van der Waals surface area contributed by atoms with E-state index in [1.54, 1.807) is 0 Å². The van der Waals surface area contributed by atoms with Gasteiger partial charge in [-0.2, -0.15) is 0 Å². The number of rotatable bonds is 6. The van der Waals surface area contributed by atoms with Crippen molar-refractivity contribution in [1.29, 1.82) is 0 Å². The molecule has 0 spiro atoms. The van der Waals surface area contributed by atoms with Crippen molar-refractivity contribution in [2.45, 2.75) is 20.0 Å². The highest BCUT2D eigenvalue weighted by molar-refractivity contribution is 4.51. The van der Waals surface area contributed by atoms with Crippen LogP contribution in [0.15, 0.2) is 0 Å². The predicted octanol–water partition coefficient (Wildman–Crippen LogP) is 0.858. The first kappa shape index (κ1) is 9.88. The predicted molar refractivity (Wildman–Crippen MR) is 37.5 cm³/mol. The van der Waals surface area contributed by atoms with Gasteiger partial charge in [-0.05, 0) is 13.8 Å². The van der Waals surface area contributed by atoms with Crippen molar-refractivity contribution in [3.05, 3.63) is 0 Å². The molecule has 0 heterocycles. The molecule has 1 unspecified atom stereocenters. The van der Waals surface area contributed by atoms with E-state index in [1.807, 2.05) is 13.8 Å². The molecule has 0 rings (SSSR count). The zero-order valence-electron chi connectivity index (χ0n) is 6.63. The molecular formula is C7H15O3. The molecule has 0 amide bonds. The highest BCUT2D eigenvalue weighted by Crippen LogP contribution is 1.91. The lowest BCUT2D eigenvalue weighted by atomic mass is 10.4. The minimum atomic E-state index is -0.259. The Morgan fingerprint density at radius 2 is 2.00 bits per heavy atom. The zero-order valence-corrected chi connectivity index (χ0v) is 6.63. The SMILES string of the molecule is CCOCC(C[O])OCC. The first-order valence-corrected chi connectivity index (χ1v) is 3.62. The minimum absolute atomic E-state index is 0.214. The van der Waals surface area contributed by atoms with Gasteiger partial charge >= 0.3 is 0 Å². The van der Waals surface area contributed by atoms with E-state index >= 15 is 0 Å². The van der Waals surface area contributed by atoms with E-state index in [4.69, 9.17) is 9.47 Å². The fraction of sp³-hybridized carbons (Fsp3) is 1.00. The third-order valence-corrected chi connectivity index (χ3v) is 1.10. The van der Waals surface area contributed by atoms with E-state index in [0.29, 0.717) is 19.8 Å². The zero-order chi connectivity index (χ0) is 7.82. The third-order valence-electron chi connectivity index (χ3n) is 1.10. The number of hydrogen-bond acceptors (Lipinski definition) is 2. The van der Waals surface area contributed by atoms with E-state index < -0.39 is 0 Å². The molecule has 0 aromatic rings. The van der Waals surface area contributed by atoms with Gasteiger partial charge < -0.3 is 9.47 Å². The van der Waals surface area contributed by atoms with Gasteiger partial charge in [0.2, 0.25) is 0 Å². The second kappa shape index (κ2) is 6.99. The standard InChI is InChI=1S/C7H15O3/c1-3-9-6-7(5-8)10-4-2/h7H,3-6H2,1-2H3. The molecule has 1 radical (unpaired) electrons. The van der Waals surface area contributed by atoms with Gasteiger partial charge in [-0.25, -0.2) is 5.11 Å². The Labute approximate surface area is 62.0 Å². The molecule has 0 aromatic heterocycles. The van der Waals surface area contributed by atoms with Crippen LogP contribution in [0.1, 0.15) is 13.8 Å². The highest BCUT2D eigenvalue weighted by Gasteiger charge is 2.05. The molecule has 0 aliphatic heterocycles. The van der Waals surface area contributed by atoms with E-state index in [0.717, 1.165) is 0 Å². The van der Waals surface area contributed by atoms with Gasteiger partial charge in [-0.3, -0.25) is 0 Å². The topological polar surface area (TPSA) is 38.4 Å². The van der Waals surface area contributed by atoms with Gasteiger partial charge in [0.05, 0.1) is 6.61 Å². The molecule has 3 heteroatoms. The lowest BCUT2D eigenvalue weighted by molar-refractivity contribution is -0.0502. The molecule has 0 aromatic carbocycles. The molecule has 0 aliphatic carbocycles. The molecule has 1 atom stereocenters. The Kier molecular flexibility index (Phi) is 6.91. The summed E-state index contributed by atoms with van der Waals surface area (Å²) in [5.74, 6) is 0. The third kappa shape index (κ3) is 4.73.